The zero-order valence-corrected chi connectivity index (χ0v) is 8.96. The molecule has 1 aliphatic rings. The smallest absolute Gasteiger partial charge is 0.0363 e. The van der Waals surface area contributed by atoms with E-state index in [0.29, 0.717) is 6.04 Å². The van der Waals surface area contributed by atoms with E-state index in [0.717, 1.165) is 19.3 Å². The molecule has 0 radical (unpaired) electrons. The number of hydrogen-bond acceptors (Lipinski definition) is 2. The van der Waals surface area contributed by atoms with E-state index in [9.17, 15) is 0 Å². The van der Waals surface area contributed by atoms with Crippen LogP contribution in [0.15, 0.2) is 18.2 Å². The second kappa shape index (κ2) is 3.62. The molecule has 0 amide bonds. The van der Waals surface area contributed by atoms with Crippen LogP contribution in [0.25, 0.3) is 0 Å². The van der Waals surface area contributed by atoms with Crippen LogP contribution in [-0.2, 0) is 12.8 Å². The van der Waals surface area contributed by atoms with Crippen LogP contribution in [0.1, 0.15) is 17.5 Å². The molecule has 0 spiro atoms. The Morgan fingerprint density at radius 2 is 2.07 bits per heavy atom. The first kappa shape index (κ1) is 9.53. The van der Waals surface area contributed by atoms with Crippen molar-refractivity contribution in [3.05, 3.63) is 29.3 Å². The van der Waals surface area contributed by atoms with Gasteiger partial charge in [-0.05, 0) is 42.5 Å². The van der Waals surface area contributed by atoms with Crippen LogP contribution in [0.3, 0.4) is 0 Å². The minimum absolute atomic E-state index is 0.368. The molecule has 2 N–H and O–H groups in total. The summed E-state index contributed by atoms with van der Waals surface area (Å²) >= 11 is 0. The Kier molecular flexibility index (Phi) is 2.46. The normalized spacial score (nSPS) is 20.4. The minimum Gasteiger partial charge on any atom is -0.378 e. The van der Waals surface area contributed by atoms with Crippen LogP contribution < -0.4 is 10.6 Å². The zero-order valence-electron chi connectivity index (χ0n) is 8.96. The lowest BCUT2D eigenvalue weighted by Crippen LogP contribution is -2.27. The molecule has 0 heterocycles. The van der Waals surface area contributed by atoms with Gasteiger partial charge in [0.25, 0.3) is 0 Å². The Balaban J connectivity index is 2.31. The quantitative estimate of drug-likeness (QED) is 0.728. The van der Waals surface area contributed by atoms with Crippen molar-refractivity contribution < 1.29 is 0 Å². The maximum absolute atomic E-state index is 5.94. The highest BCUT2D eigenvalue weighted by atomic mass is 15.1. The fraction of sp³-hybridized carbons (Fsp3) is 0.500. The molecule has 0 saturated heterocycles. The molecule has 76 valence electrons. The number of benzene rings is 1. The topological polar surface area (TPSA) is 29.3 Å². The van der Waals surface area contributed by atoms with E-state index in [1.165, 1.54) is 16.8 Å². The van der Waals surface area contributed by atoms with Crippen molar-refractivity contribution in [1.29, 1.82) is 0 Å². The SMILES string of the molecule is CN(C)c1ccc2c(c1)CC[C@@H](N)C2. The molecule has 0 saturated carbocycles. The predicted octanol–water partition coefficient (Wildman–Crippen LogP) is 1.57. The van der Waals surface area contributed by atoms with Gasteiger partial charge in [0, 0.05) is 25.8 Å². The summed E-state index contributed by atoms with van der Waals surface area (Å²) in [5.74, 6) is 0. The lowest BCUT2D eigenvalue weighted by molar-refractivity contribution is 0.576. The lowest BCUT2D eigenvalue weighted by Gasteiger charge is -2.23. The van der Waals surface area contributed by atoms with Crippen LogP contribution in [0, 0.1) is 0 Å². The molecule has 0 fully saturated rings. The number of hydrogen-bond donors (Lipinski definition) is 1. The monoisotopic (exact) mass is 190 g/mol. The van der Waals surface area contributed by atoms with E-state index < -0.39 is 0 Å². The van der Waals surface area contributed by atoms with Gasteiger partial charge in [0.1, 0.15) is 0 Å². The summed E-state index contributed by atoms with van der Waals surface area (Å²) in [5, 5.41) is 0. The van der Waals surface area contributed by atoms with E-state index in [1.54, 1.807) is 0 Å². The Labute approximate surface area is 85.7 Å². The van der Waals surface area contributed by atoms with Crippen molar-refractivity contribution in [3.8, 4) is 0 Å². The highest BCUT2D eigenvalue weighted by Gasteiger charge is 2.15. The molecule has 0 aliphatic heterocycles. The number of fused-ring (bicyclic) bond motifs is 1. The lowest BCUT2D eigenvalue weighted by atomic mass is 9.88. The molecule has 2 heteroatoms. The molecule has 0 aromatic heterocycles. The fourth-order valence-electron chi connectivity index (χ4n) is 2.05. The third-order valence-corrected chi connectivity index (χ3v) is 2.97. The first-order valence-corrected chi connectivity index (χ1v) is 5.21. The molecular formula is C12H18N2. The number of aryl methyl sites for hydroxylation is 1. The molecule has 2 nitrogen and oxygen atoms in total. The van der Waals surface area contributed by atoms with Crippen LogP contribution in [0.5, 0.6) is 0 Å². The van der Waals surface area contributed by atoms with Gasteiger partial charge in [-0.2, -0.15) is 0 Å². The van der Waals surface area contributed by atoms with Crippen molar-refractivity contribution in [2.24, 2.45) is 5.73 Å². The van der Waals surface area contributed by atoms with E-state index in [2.05, 4.69) is 37.2 Å². The van der Waals surface area contributed by atoms with E-state index in [1.807, 2.05) is 0 Å². The molecular weight excluding hydrogens is 172 g/mol. The van der Waals surface area contributed by atoms with Crippen molar-refractivity contribution in [1.82, 2.24) is 0 Å². The van der Waals surface area contributed by atoms with E-state index >= 15 is 0 Å². The standard InChI is InChI=1S/C12H18N2/c1-14(2)12-6-4-9-7-11(13)5-3-10(9)8-12/h4,6,8,11H,3,5,7,13H2,1-2H3/t11-/m1/s1. The van der Waals surface area contributed by atoms with Gasteiger partial charge in [-0.15, -0.1) is 0 Å². The molecule has 2 rings (SSSR count). The highest BCUT2D eigenvalue weighted by molar-refractivity contribution is 5.50. The van der Waals surface area contributed by atoms with Crippen LogP contribution in [0.2, 0.25) is 0 Å². The third-order valence-electron chi connectivity index (χ3n) is 2.97. The van der Waals surface area contributed by atoms with Gasteiger partial charge in [0.05, 0.1) is 0 Å². The maximum atomic E-state index is 5.94. The van der Waals surface area contributed by atoms with Gasteiger partial charge in [-0.1, -0.05) is 6.07 Å². The Bertz CT molecular complexity index is 331. The molecule has 0 unspecified atom stereocenters. The molecule has 1 aromatic carbocycles. The second-order valence-corrected chi connectivity index (χ2v) is 4.35. The van der Waals surface area contributed by atoms with Gasteiger partial charge >= 0.3 is 0 Å². The summed E-state index contributed by atoms with van der Waals surface area (Å²) in [4.78, 5) is 2.15. The number of nitrogens with two attached hydrogens (primary N) is 1. The van der Waals surface area contributed by atoms with Gasteiger partial charge in [0.2, 0.25) is 0 Å². The Hall–Kier alpha value is -1.02. The molecule has 14 heavy (non-hydrogen) atoms. The van der Waals surface area contributed by atoms with Gasteiger partial charge in [-0.25, -0.2) is 0 Å². The van der Waals surface area contributed by atoms with Crippen molar-refractivity contribution in [3.63, 3.8) is 0 Å². The van der Waals surface area contributed by atoms with Gasteiger partial charge in [0.15, 0.2) is 0 Å². The maximum Gasteiger partial charge on any atom is 0.0363 e. The molecule has 1 aliphatic carbocycles. The van der Waals surface area contributed by atoms with Crippen LogP contribution in [-0.4, -0.2) is 20.1 Å². The average Bonchev–Trinajstić information content (AvgIpc) is 2.16. The largest absolute Gasteiger partial charge is 0.378 e. The first-order valence-electron chi connectivity index (χ1n) is 5.21. The van der Waals surface area contributed by atoms with Crippen LogP contribution >= 0.6 is 0 Å². The third kappa shape index (κ3) is 1.75. The first-order chi connectivity index (χ1) is 6.66. The zero-order chi connectivity index (χ0) is 10.1. The Morgan fingerprint density at radius 1 is 1.29 bits per heavy atom. The molecule has 1 aromatic rings. The highest BCUT2D eigenvalue weighted by Crippen LogP contribution is 2.24. The van der Waals surface area contributed by atoms with Crippen molar-refractivity contribution >= 4 is 5.69 Å². The minimum atomic E-state index is 0.368. The summed E-state index contributed by atoms with van der Waals surface area (Å²) in [6.45, 7) is 0. The number of rotatable bonds is 1. The average molecular weight is 190 g/mol. The molecule has 1 atom stereocenters. The van der Waals surface area contributed by atoms with Crippen LogP contribution in [0.4, 0.5) is 5.69 Å². The van der Waals surface area contributed by atoms with Crippen molar-refractivity contribution in [2.75, 3.05) is 19.0 Å². The number of nitrogens with zero attached hydrogens (tertiary/aromatic N) is 1. The van der Waals surface area contributed by atoms with E-state index in [-0.39, 0.29) is 0 Å². The van der Waals surface area contributed by atoms with Crippen molar-refractivity contribution in [2.45, 2.75) is 25.3 Å². The number of anilines is 1. The van der Waals surface area contributed by atoms with Gasteiger partial charge < -0.3 is 10.6 Å². The predicted molar refractivity (Wildman–Crippen MR) is 60.8 cm³/mol. The summed E-state index contributed by atoms with van der Waals surface area (Å²) in [5.41, 5.74) is 10.2. The fourth-order valence-corrected chi connectivity index (χ4v) is 2.05. The summed E-state index contributed by atoms with van der Waals surface area (Å²) in [7, 11) is 4.16. The van der Waals surface area contributed by atoms with Gasteiger partial charge in [-0.3, -0.25) is 0 Å². The second-order valence-electron chi connectivity index (χ2n) is 4.35. The summed E-state index contributed by atoms with van der Waals surface area (Å²) < 4.78 is 0. The summed E-state index contributed by atoms with van der Waals surface area (Å²) in [6.07, 6.45) is 3.31. The molecule has 0 bridgehead atoms. The summed E-state index contributed by atoms with van der Waals surface area (Å²) in [6, 6.07) is 7.06. The van der Waals surface area contributed by atoms with E-state index in [4.69, 9.17) is 5.73 Å². The Morgan fingerprint density at radius 3 is 2.79 bits per heavy atom.